The first kappa shape index (κ1) is 8.26. The lowest BCUT2D eigenvalue weighted by Crippen LogP contribution is -2.33. The fourth-order valence-corrected chi connectivity index (χ4v) is 1.40. The number of nitrogens with zero attached hydrogens (tertiary/aromatic N) is 1. The van der Waals surface area contributed by atoms with Gasteiger partial charge in [-0.25, -0.2) is 10.4 Å². The van der Waals surface area contributed by atoms with Crippen molar-refractivity contribution in [2.24, 2.45) is 0 Å². The van der Waals surface area contributed by atoms with E-state index in [0.29, 0.717) is 6.42 Å². The Bertz CT molecular complexity index is 318. The molecule has 0 bridgehead atoms. The molecule has 1 saturated heterocycles. The lowest BCUT2D eigenvalue weighted by Gasteiger charge is -2.15. The molecule has 1 aromatic rings. The largest absolute Gasteiger partial charge is 0.273 e. The van der Waals surface area contributed by atoms with Crippen LogP contribution in [0, 0.1) is 6.92 Å². The first-order valence-electron chi connectivity index (χ1n) is 4.40. The molecule has 3 nitrogen and oxygen atoms in total. The zero-order valence-electron chi connectivity index (χ0n) is 7.58. The van der Waals surface area contributed by atoms with Crippen LogP contribution in [0.1, 0.15) is 12.0 Å². The third kappa shape index (κ3) is 1.55. The summed E-state index contributed by atoms with van der Waals surface area (Å²) in [4.78, 5) is 11.3. The predicted octanol–water partition coefficient (Wildman–Crippen LogP) is 1.24. The molecule has 0 radical (unpaired) electrons. The fourth-order valence-electron chi connectivity index (χ4n) is 1.40. The number of hydrogen-bond donors (Lipinski definition) is 1. The Morgan fingerprint density at radius 2 is 2.00 bits per heavy atom. The maximum atomic E-state index is 11.3. The predicted molar refractivity (Wildman–Crippen MR) is 51.3 cm³/mol. The topological polar surface area (TPSA) is 32.3 Å². The van der Waals surface area contributed by atoms with E-state index in [-0.39, 0.29) is 5.91 Å². The average Bonchev–Trinajstić information content (AvgIpc) is 2.53. The minimum atomic E-state index is 0.142. The number of hydrazine groups is 1. The Kier molecular flexibility index (Phi) is 2.02. The molecular formula is C10H12N2O. The molecule has 0 saturated carbocycles. The number of hydrogen-bond acceptors (Lipinski definition) is 2. The van der Waals surface area contributed by atoms with E-state index in [0.717, 1.165) is 12.2 Å². The maximum Gasteiger partial charge on any atom is 0.242 e. The SMILES string of the molecule is Cc1ccc(N2NCCC2=O)cc1. The summed E-state index contributed by atoms with van der Waals surface area (Å²) in [6.45, 7) is 2.77. The number of nitrogens with one attached hydrogen (secondary N) is 1. The van der Waals surface area contributed by atoms with Gasteiger partial charge in [-0.2, -0.15) is 0 Å². The molecule has 13 heavy (non-hydrogen) atoms. The van der Waals surface area contributed by atoms with Gasteiger partial charge in [0.1, 0.15) is 0 Å². The molecule has 2 rings (SSSR count). The van der Waals surface area contributed by atoms with Crippen LogP contribution in [0.25, 0.3) is 0 Å². The van der Waals surface area contributed by atoms with Crippen LogP contribution in [-0.4, -0.2) is 12.5 Å². The molecule has 0 aromatic heterocycles. The zero-order valence-corrected chi connectivity index (χ0v) is 7.58. The highest BCUT2D eigenvalue weighted by atomic mass is 16.2. The van der Waals surface area contributed by atoms with Crippen LogP contribution in [0.3, 0.4) is 0 Å². The van der Waals surface area contributed by atoms with E-state index in [1.807, 2.05) is 31.2 Å². The highest BCUT2D eigenvalue weighted by molar-refractivity contribution is 5.94. The Labute approximate surface area is 77.3 Å². The van der Waals surface area contributed by atoms with E-state index < -0.39 is 0 Å². The molecule has 0 atom stereocenters. The number of anilines is 1. The Hall–Kier alpha value is -1.35. The summed E-state index contributed by atoms with van der Waals surface area (Å²) in [6.07, 6.45) is 0.591. The highest BCUT2D eigenvalue weighted by Crippen LogP contribution is 2.16. The summed E-state index contributed by atoms with van der Waals surface area (Å²) >= 11 is 0. The lowest BCUT2D eigenvalue weighted by atomic mass is 10.2. The smallest absolute Gasteiger partial charge is 0.242 e. The average molecular weight is 176 g/mol. The van der Waals surface area contributed by atoms with Crippen molar-refractivity contribution in [3.8, 4) is 0 Å². The van der Waals surface area contributed by atoms with Crippen LogP contribution in [-0.2, 0) is 4.79 Å². The molecule has 1 aromatic carbocycles. The van der Waals surface area contributed by atoms with Gasteiger partial charge in [0, 0.05) is 13.0 Å². The third-order valence-electron chi connectivity index (χ3n) is 2.15. The van der Waals surface area contributed by atoms with Crippen LogP contribution in [0.4, 0.5) is 5.69 Å². The van der Waals surface area contributed by atoms with E-state index in [9.17, 15) is 4.79 Å². The Balaban J connectivity index is 2.25. The Morgan fingerprint density at radius 1 is 1.31 bits per heavy atom. The van der Waals surface area contributed by atoms with Gasteiger partial charge >= 0.3 is 0 Å². The van der Waals surface area contributed by atoms with E-state index >= 15 is 0 Å². The quantitative estimate of drug-likeness (QED) is 0.698. The van der Waals surface area contributed by atoms with Crippen LogP contribution in [0.15, 0.2) is 24.3 Å². The second-order valence-corrected chi connectivity index (χ2v) is 3.22. The second kappa shape index (κ2) is 3.18. The first-order chi connectivity index (χ1) is 6.27. The van der Waals surface area contributed by atoms with Crippen LogP contribution in [0.2, 0.25) is 0 Å². The van der Waals surface area contributed by atoms with E-state index in [2.05, 4.69) is 5.43 Å². The van der Waals surface area contributed by atoms with E-state index in [1.165, 1.54) is 5.56 Å². The first-order valence-corrected chi connectivity index (χ1v) is 4.40. The molecule has 1 N–H and O–H groups in total. The summed E-state index contributed by atoms with van der Waals surface area (Å²) < 4.78 is 0. The van der Waals surface area contributed by atoms with Crippen molar-refractivity contribution in [3.05, 3.63) is 29.8 Å². The minimum Gasteiger partial charge on any atom is -0.273 e. The molecule has 3 heteroatoms. The number of aryl methyl sites for hydroxylation is 1. The normalized spacial score (nSPS) is 16.7. The van der Waals surface area contributed by atoms with Gasteiger partial charge in [0.2, 0.25) is 5.91 Å². The van der Waals surface area contributed by atoms with Gasteiger partial charge in [-0.1, -0.05) is 17.7 Å². The number of amides is 1. The van der Waals surface area contributed by atoms with Gasteiger partial charge in [0.15, 0.2) is 0 Å². The van der Waals surface area contributed by atoms with Gasteiger partial charge in [-0.05, 0) is 19.1 Å². The standard InChI is InChI=1S/C10H12N2O/c1-8-2-4-9(5-3-8)12-10(13)6-7-11-12/h2-5,11H,6-7H2,1H3. The number of rotatable bonds is 1. The third-order valence-corrected chi connectivity index (χ3v) is 2.15. The molecule has 1 aliphatic heterocycles. The van der Waals surface area contributed by atoms with Crippen molar-refractivity contribution < 1.29 is 4.79 Å². The fraction of sp³-hybridized carbons (Fsp3) is 0.300. The van der Waals surface area contributed by atoms with Gasteiger partial charge in [0.05, 0.1) is 5.69 Å². The van der Waals surface area contributed by atoms with Crippen molar-refractivity contribution in [2.75, 3.05) is 11.6 Å². The molecule has 68 valence electrons. The van der Waals surface area contributed by atoms with E-state index in [4.69, 9.17) is 0 Å². The summed E-state index contributed by atoms with van der Waals surface area (Å²) in [5.41, 5.74) is 5.15. The molecule has 1 heterocycles. The van der Waals surface area contributed by atoms with Crippen molar-refractivity contribution >= 4 is 11.6 Å². The molecule has 1 aliphatic rings. The van der Waals surface area contributed by atoms with Crippen molar-refractivity contribution in [2.45, 2.75) is 13.3 Å². The summed E-state index contributed by atoms with van der Waals surface area (Å²) in [7, 11) is 0. The summed E-state index contributed by atoms with van der Waals surface area (Å²) in [5, 5.41) is 1.61. The zero-order chi connectivity index (χ0) is 9.26. The van der Waals surface area contributed by atoms with Gasteiger partial charge in [0.25, 0.3) is 0 Å². The minimum absolute atomic E-state index is 0.142. The van der Waals surface area contributed by atoms with Gasteiger partial charge in [-0.15, -0.1) is 0 Å². The molecule has 0 unspecified atom stereocenters. The lowest BCUT2D eigenvalue weighted by molar-refractivity contribution is -0.117. The summed E-state index contributed by atoms with van der Waals surface area (Å²) in [6, 6.07) is 7.91. The number of carbonyl (C=O) groups is 1. The molecule has 0 spiro atoms. The molecule has 1 amide bonds. The Morgan fingerprint density at radius 3 is 2.54 bits per heavy atom. The monoisotopic (exact) mass is 176 g/mol. The van der Waals surface area contributed by atoms with Crippen LogP contribution in [0.5, 0.6) is 0 Å². The van der Waals surface area contributed by atoms with Crippen LogP contribution >= 0.6 is 0 Å². The second-order valence-electron chi connectivity index (χ2n) is 3.22. The van der Waals surface area contributed by atoms with Crippen molar-refractivity contribution in [1.29, 1.82) is 0 Å². The van der Waals surface area contributed by atoms with Gasteiger partial charge in [-0.3, -0.25) is 4.79 Å². The highest BCUT2D eigenvalue weighted by Gasteiger charge is 2.20. The molecule has 1 fully saturated rings. The number of carbonyl (C=O) groups excluding carboxylic acids is 1. The van der Waals surface area contributed by atoms with E-state index in [1.54, 1.807) is 5.01 Å². The molecular weight excluding hydrogens is 164 g/mol. The maximum absolute atomic E-state index is 11.3. The molecule has 0 aliphatic carbocycles. The van der Waals surface area contributed by atoms with Crippen molar-refractivity contribution in [3.63, 3.8) is 0 Å². The summed E-state index contributed by atoms with van der Waals surface area (Å²) in [5.74, 6) is 0.142. The van der Waals surface area contributed by atoms with Crippen molar-refractivity contribution in [1.82, 2.24) is 5.43 Å². The number of benzene rings is 1. The van der Waals surface area contributed by atoms with Crippen LogP contribution < -0.4 is 10.4 Å². The van der Waals surface area contributed by atoms with Gasteiger partial charge < -0.3 is 0 Å².